The summed E-state index contributed by atoms with van der Waals surface area (Å²) in [6, 6.07) is 6.51. The number of rotatable bonds is 5. The molecule has 0 aliphatic carbocycles. The number of nitrogens with zero attached hydrogens (tertiary/aromatic N) is 3. The molecule has 138 valence electrons. The maximum absolute atomic E-state index is 13.1. The molecule has 1 atom stereocenters. The van der Waals surface area contributed by atoms with Gasteiger partial charge in [0.2, 0.25) is 5.91 Å². The topological polar surface area (TPSA) is 47.0 Å². The number of aliphatic hydroxyl groups excluding tert-OH is 1. The fourth-order valence-electron chi connectivity index (χ4n) is 3.83. The number of piperidine rings is 1. The van der Waals surface area contributed by atoms with Crippen LogP contribution >= 0.6 is 0 Å². The fourth-order valence-corrected chi connectivity index (χ4v) is 3.83. The van der Waals surface area contributed by atoms with Crippen molar-refractivity contribution in [2.45, 2.75) is 31.8 Å². The lowest BCUT2D eigenvalue weighted by molar-refractivity contribution is -0.140. The minimum absolute atomic E-state index is 0.0665. The van der Waals surface area contributed by atoms with Gasteiger partial charge in [-0.3, -0.25) is 14.6 Å². The van der Waals surface area contributed by atoms with E-state index >= 15 is 0 Å². The van der Waals surface area contributed by atoms with Crippen molar-refractivity contribution in [1.29, 1.82) is 0 Å². The number of likely N-dealkylation sites (tertiary alicyclic amines) is 1. The van der Waals surface area contributed by atoms with E-state index < -0.39 is 0 Å². The second-order valence-corrected chi connectivity index (χ2v) is 7.00. The van der Waals surface area contributed by atoms with Crippen LogP contribution in [0.25, 0.3) is 0 Å². The molecule has 1 N–H and O–H groups in total. The molecule has 2 saturated heterocycles. The smallest absolute Gasteiger partial charge is 0.240 e. The van der Waals surface area contributed by atoms with Crippen LogP contribution in [0.15, 0.2) is 24.3 Å². The number of carbonyl (C=O) groups excluding carboxylic acids is 1. The van der Waals surface area contributed by atoms with Crippen molar-refractivity contribution in [2.75, 3.05) is 45.9 Å². The van der Waals surface area contributed by atoms with Crippen LogP contribution in [-0.2, 0) is 11.3 Å². The number of benzene rings is 1. The Bertz CT molecular complexity index is 558. The number of halogens is 1. The number of piperazine rings is 1. The number of hydrogen-bond donors (Lipinski definition) is 1. The molecule has 2 aliphatic heterocycles. The van der Waals surface area contributed by atoms with E-state index in [0.29, 0.717) is 13.1 Å². The van der Waals surface area contributed by atoms with Gasteiger partial charge < -0.3 is 10.0 Å². The summed E-state index contributed by atoms with van der Waals surface area (Å²) in [5, 5.41) is 9.04. The van der Waals surface area contributed by atoms with Gasteiger partial charge in [-0.15, -0.1) is 0 Å². The molecule has 1 unspecified atom stereocenters. The molecule has 1 aromatic rings. The molecule has 2 heterocycles. The van der Waals surface area contributed by atoms with Crippen LogP contribution in [0.5, 0.6) is 0 Å². The molecule has 6 heteroatoms. The van der Waals surface area contributed by atoms with Crippen molar-refractivity contribution in [3.63, 3.8) is 0 Å². The zero-order chi connectivity index (χ0) is 17.6. The third-order valence-electron chi connectivity index (χ3n) is 5.30. The van der Waals surface area contributed by atoms with Crippen molar-refractivity contribution in [3.05, 3.63) is 35.6 Å². The SMILES string of the molecule is O=C(C1CCCCN1Cc1ccc(F)cc1)N1CCN(CCO)CC1. The number of hydrogen-bond acceptors (Lipinski definition) is 4. The lowest BCUT2D eigenvalue weighted by Crippen LogP contribution is -2.56. The molecule has 0 saturated carbocycles. The van der Waals surface area contributed by atoms with Crippen LogP contribution in [0.3, 0.4) is 0 Å². The monoisotopic (exact) mass is 349 g/mol. The van der Waals surface area contributed by atoms with Crippen LogP contribution in [0.2, 0.25) is 0 Å². The van der Waals surface area contributed by atoms with Crippen LogP contribution in [0, 0.1) is 5.82 Å². The first kappa shape index (κ1) is 18.3. The van der Waals surface area contributed by atoms with Crippen molar-refractivity contribution in [2.24, 2.45) is 0 Å². The van der Waals surface area contributed by atoms with E-state index in [9.17, 15) is 9.18 Å². The molecule has 0 bridgehead atoms. The largest absolute Gasteiger partial charge is 0.395 e. The molecule has 0 aromatic heterocycles. The highest BCUT2D eigenvalue weighted by Gasteiger charge is 2.33. The van der Waals surface area contributed by atoms with Crippen molar-refractivity contribution in [3.8, 4) is 0 Å². The first-order chi connectivity index (χ1) is 12.2. The van der Waals surface area contributed by atoms with Crippen LogP contribution in [0.4, 0.5) is 4.39 Å². The van der Waals surface area contributed by atoms with Crippen molar-refractivity contribution < 1.29 is 14.3 Å². The van der Waals surface area contributed by atoms with Gasteiger partial charge in [0.25, 0.3) is 0 Å². The van der Waals surface area contributed by atoms with E-state index in [1.807, 2.05) is 4.90 Å². The second-order valence-electron chi connectivity index (χ2n) is 7.00. The Morgan fingerprint density at radius 3 is 2.48 bits per heavy atom. The molecule has 25 heavy (non-hydrogen) atoms. The summed E-state index contributed by atoms with van der Waals surface area (Å²) in [5.74, 6) is 0.00114. The normalized spacial score (nSPS) is 23.0. The first-order valence-electron chi connectivity index (χ1n) is 9.28. The van der Waals surface area contributed by atoms with Crippen LogP contribution in [0.1, 0.15) is 24.8 Å². The zero-order valence-electron chi connectivity index (χ0n) is 14.7. The molecule has 1 amide bonds. The van der Waals surface area contributed by atoms with E-state index in [2.05, 4.69) is 9.80 Å². The van der Waals surface area contributed by atoms with Gasteiger partial charge in [-0.2, -0.15) is 0 Å². The second kappa shape index (κ2) is 8.74. The van der Waals surface area contributed by atoms with E-state index in [1.165, 1.54) is 12.1 Å². The number of aliphatic hydroxyl groups is 1. The molecule has 0 spiro atoms. The highest BCUT2D eigenvalue weighted by Crippen LogP contribution is 2.22. The summed E-state index contributed by atoms with van der Waals surface area (Å²) in [7, 11) is 0. The van der Waals surface area contributed by atoms with Crippen molar-refractivity contribution in [1.82, 2.24) is 14.7 Å². The molecule has 0 radical (unpaired) electrons. The molecular formula is C19H28FN3O2. The van der Waals surface area contributed by atoms with Gasteiger partial charge in [-0.25, -0.2) is 4.39 Å². The number of amides is 1. The lowest BCUT2D eigenvalue weighted by atomic mass is 9.99. The van der Waals surface area contributed by atoms with Crippen molar-refractivity contribution >= 4 is 5.91 Å². The predicted octanol–water partition coefficient (Wildman–Crippen LogP) is 1.32. The summed E-state index contributed by atoms with van der Waals surface area (Å²) >= 11 is 0. The Morgan fingerprint density at radius 2 is 1.80 bits per heavy atom. The minimum Gasteiger partial charge on any atom is -0.395 e. The first-order valence-corrected chi connectivity index (χ1v) is 9.28. The molecule has 2 fully saturated rings. The number of carbonyl (C=O) groups is 1. The molecule has 3 rings (SSSR count). The quantitative estimate of drug-likeness (QED) is 0.871. The molecular weight excluding hydrogens is 321 g/mol. The summed E-state index contributed by atoms with van der Waals surface area (Å²) in [5.41, 5.74) is 1.05. The van der Waals surface area contributed by atoms with E-state index in [0.717, 1.165) is 57.5 Å². The standard InChI is InChI=1S/C19H28FN3O2/c20-17-6-4-16(5-7-17)15-23-8-2-1-3-18(23)19(25)22-11-9-21(10-12-22)13-14-24/h4-7,18,24H,1-3,8-15H2. The number of β-amino-alcohol motifs (C(OH)–C–C–N with tert-alkyl or cyclic N) is 1. The highest BCUT2D eigenvalue weighted by atomic mass is 19.1. The Morgan fingerprint density at radius 1 is 1.08 bits per heavy atom. The Hall–Kier alpha value is -1.50. The third kappa shape index (κ3) is 4.77. The lowest BCUT2D eigenvalue weighted by Gasteiger charge is -2.40. The van der Waals surface area contributed by atoms with E-state index in [4.69, 9.17) is 5.11 Å². The van der Waals surface area contributed by atoms with Gasteiger partial charge in [0.1, 0.15) is 5.82 Å². The Kier molecular flexibility index (Phi) is 6.39. The average molecular weight is 349 g/mol. The maximum Gasteiger partial charge on any atom is 0.240 e. The zero-order valence-corrected chi connectivity index (χ0v) is 14.7. The fraction of sp³-hybridized carbons (Fsp3) is 0.632. The van der Waals surface area contributed by atoms with Gasteiger partial charge in [0.15, 0.2) is 0 Å². The van der Waals surface area contributed by atoms with Gasteiger partial charge >= 0.3 is 0 Å². The highest BCUT2D eigenvalue weighted by molar-refractivity contribution is 5.82. The average Bonchev–Trinajstić information content (AvgIpc) is 2.64. The van der Waals surface area contributed by atoms with Crippen LogP contribution in [-0.4, -0.2) is 77.6 Å². The van der Waals surface area contributed by atoms with Gasteiger partial charge in [0.05, 0.1) is 12.6 Å². The van der Waals surface area contributed by atoms with Gasteiger partial charge in [-0.05, 0) is 37.1 Å². The predicted molar refractivity (Wildman–Crippen MR) is 94.6 cm³/mol. The van der Waals surface area contributed by atoms with E-state index in [1.54, 1.807) is 12.1 Å². The molecule has 1 aromatic carbocycles. The molecule has 2 aliphatic rings. The van der Waals surface area contributed by atoms with Gasteiger partial charge in [0, 0.05) is 39.3 Å². The third-order valence-corrected chi connectivity index (χ3v) is 5.30. The van der Waals surface area contributed by atoms with Gasteiger partial charge in [-0.1, -0.05) is 18.6 Å². The summed E-state index contributed by atoms with van der Waals surface area (Å²) in [4.78, 5) is 19.4. The van der Waals surface area contributed by atoms with Crippen LogP contribution < -0.4 is 0 Å². The summed E-state index contributed by atoms with van der Waals surface area (Å²) in [6.07, 6.45) is 3.09. The summed E-state index contributed by atoms with van der Waals surface area (Å²) in [6.45, 7) is 5.59. The Labute approximate surface area is 149 Å². The Balaban J connectivity index is 1.60. The maximum atomic E-state index is 13.1. The summed E-state index contributed by atoms with van der Waals surface area (Å²) < 4.78 is 13.1. The van der Waals surface area contributed by atoms with E-state index in [-0.39, 0.29) is 24.4 Å². The minimum atomic E-state index is -0.226. The molecule has 5 nitrogen and oxygen atoms in total.